The van der Waals surface area contributed by atoms with E-state index in [1.807, 2.05) is 7.05 Å². The van der Waals surface area contributed by atoms with Crippen molar-refractivity contribution < 1.29 is 4.52 Å². The van der Waals surface area contributed by atoms with Gasteiger partial charge in [-0.15, -0.1) is 0 Å². The highest BCUT2D eigenvalue weighted by Crippen LogP contribution is 2.17. The summed E-state index contributed by atoms with van der Waals surface area (Å²) in [5, 5.41) is 11.2. The highest BCUT2D eigenvalue weighted by Gasteiger charge is 2.23. The minimum atomic E-state index is 0.573. The van der Waals surface area contributed by atoms with E-state index in [-0.39, 0.29) is 0 Å². The molecule has 0 radical (unpaired) electrons. The third-order valence-electron chi connectivity index (χ3n) is 5.17. The maximum absolute atomic E-state index is 5.45. The summed E-state index contributed by atoms with van der Waals surface area (Å²) in [4.78, 5) is 7.03. The molecule has 1 aliphatic heterocycles. The molecule has 6 nitrogen and oxygen atoms in total. The summed E-state index contributed by atoms with van der Waals surface area (Å²) in [6.07, 6.45) is 5.62. The second kappa shape index (κ2) is 10.6. The van der Waals surface area contributed by atoms with Gasteiger partial charge in [0.05, 0.1) is 5.69 Å². The summed E-state index contributed by atoms with van der Waals surface area (Å²) in [5.41, 5.74) is 2.22. The molecule has 0 aromatic carbocycles. The first kappa shape index (κ1) is 20.7. The number of nitrogens with one attached hydrogen (secondary N) is 2. The monoisotopic (exact) mass is 363 g/mol. The molecule has 0 bridgehead atoms. The summed E-state index contributed by atoms with van der Waals surface area (Å²) in [5.74, 6) is 2.52. The summed E-state index contributed by atoms with van der Waals surface area (Å²) >= 11 is 0. The minimum absolute atomic E-state index is 0.573. The molecule has 2 rings (SSSR count). The molecule has 1 unspecified atom stereocenters. The second-order valence-corrected chi connectivity index (χ2v) is 7.57. The van der Waals surface area contributed by atoms with Crippen LogP contribution in [0.25, 0.3) is 0 Å². The third kappa shape index (κ3) is 5.73. The van der Waals surface area contributed by atoms with E-state index in [1.54, 1.807) is 0 Å². The van der Waals surface area contributed by atoms with Crippen molar-refractivity contribution in [1.29, 1.82) is 0 Å². The smallest absolute Gasteiger partial charge is 0.191 e. The Morgan fingerprint density at radius 3 is 2.50 bits per heavy atom. The molecule has 1 aromatic rings. The standard InChI is InChI=1S/C20H37N5O/c1-6-18-17(19(7-2)26-24-18)14-23-20(21-5)22-13-16(12-15(3)4)25-10-8-9-11-25/h15-16H,6-14H2,1-5H3,(H2,21,22,23). The maximum atomic E-state index is 5.45. The first-order chi connectivity index (χ1) is 12.6. The molecule has 148 valence electrons. The van der Waals surface area contributed by atoms with Gasteiger partial charge in [-0.1, -0.05) is 32.9 Å². The van der Waals surface area contributed by atoms with E-state index < -0.39 is 0 Å². The number of likely N-dealkylation sites (tertiary alicyclic amines) is 1. The zero-order valence-corrected chi connectivity index (χ0v) is 17.3. The van der Waals surface area contributed by atoms with E-state index in [0.717, 1.165) is 36.8 Å². The van der Waals surface area contributed by atoms with Crippen LogP contribution >= 0.6 is 0 Å². The Hall–Kier alpha value is -1.56. The van der Waals surface area contributed by atoms with E-state index in [2.05, 4.69) is 53.4 Å². The van der Waals surface area contributed by atoms with Gasteiger partial charge in [-0.2, -0.15) is 0 Å². The lowest BCUT2D eigenvalue weighted by Crippen LogP contribution is -2.46. The van der Waals surface area contributed by atoms with Gasteiger partial charge in [-0.05, 0) is 44.7 Å². The van der Waals surface area contributed by atoms with E-state index in [1.165, 1.54) is 37.9 Å². The van der Waals surface area contributed by atoms with E-state index in [4.69, 9.17) is 4.52 Å². The highest BCUT2D eigenvalue weighted by molar-refractivity contribution is 5.79. The zero-order chi connectivity index (χ0) is 18.9. The maximum Gasteiger partial charge on any atom is 0.191 e. The highest BCUT2D eigenvalue weighted by atomic mass is 16.5. The predicted molar refractivity (Wildman–Crippen MR) is 108 cm³/mol. The quantitative estimate of drug-likeness (QED) is 0.522. The van der Waals surface area contributed by atoms with Gasteiger partial charge in [0, 0.05) is 38.2 Å². The van der Waals surface area contributed by atoms with Crippen LogP contribution in [0.15, 0.2) is 9.52 Å². The normalized spacial score (nSPS) is 17.1. The molecule has 0 aliphatic carbocycles. The zero-order valence-electron chi connectivity index (χ0n) is 17.3. The average molecular weight is 364 g/mol. The summed E-state index contributed by atoms with van der Waals surface area (Å²) in [6.45, 7) is 12.9. The van der Waals surface area contributed by atoms with Crippen LogP contribution in [-0.4, -0.2) is 48.7 Å². The number of aliphatic imine (C=N–C) groups is 1. The van der Waals surface area contributed by atoms with Gasteiger partial charge >= 0.3 is 0 Å². The van der Waals surface area contributed by atoms with Crippen LogP contribution in [-0.2, 0) is 19.4 Å². The van der Waals surface area contributed by atoms with E-state index >= 15 is 0 Å². The Balaban J connectivity index is 1.91. The van der Waals surface area contributed by atoms with Crippen molar-refractivity contribution in [2.24, 2.45) is 10.9 Å². The van der Waals surface area contributed by atoms with Crippen molar-refractivity contribution in [1.82, 2.24) is 20.7 Å². The minimum Gasteiger partial charge on any atom is -0.361 e. The summed E-state index contributed by atoms with van der Waals surface area (Å²) in [6, 6.07) is 0.573. The Bertz CT molecular complexity index is 539. The van der Waals surface area contributed by atoms with Crippen molar-refractivity contribution in [3.05, 3.63) is 17.0 Å². The topological polar surface area (TPSA) is 65.7 Å². The van der Waals surface area contributed by atoms with Crippen LogP contribution in [0.5, 0.6) is 0 Å². The molecule has 1 aliphatic rings. The van der Waals surface area contributed by atoms with Crippen molar-refractivity contribution >= 4 is 5.96 Å². The Labute approximate surface area is 158 Å². The van der Waals surface area contributed by atoms with Gasteiger partial charge in [-0.3, -0.25) is 9.89 Å². The SMILES string of the molecule is CCc1noc(CC)c1CNC(=NC)NCC(CC(C)C)N1CCCC1. The van der Waals surface area contributed by atoms with E-state index in [0.29, 0.717) is 18.5 Å². The molecule has 6 heteroatoms. The first-order valence-electron chi connectivity index (χ1n) is 10.2. The molecule has 0 amide bonds. The Kier molecular flexibility index (Phi) is 8.42. The molecule has 26 heavy (non-hydrogen) atoms. The number of hydrogen-bond acceptors (Lipinski definition) is 4. The molecule has 2 heterocycles. The van der Waals surface area contributed by atoms with Crippen LogP contribution in [0.3, 0.4) is 0 Å². The van der Waals surface area contributed by atoms with Crippen LogP contribution in [0.2, 0.25) is 0 Å². The lowest BCUT2D eigenvalue weighted by Gasteiger charge is -2.29. The van der Waals surface area contributed by atoms with Crippen molar-refractivity contribution in [2.45, 2.75) is 72.4 Å². The van der Waals surface area contributed by atoms with Crippen LogP contribution in [0.1, 0.15) is 64.0 Å². The van der Waals surface area contributed by atoms with Gasteiger partial charge in [0.25, 0.3) is 0 Å². The molecule has 1 atom stereocenters. The van der Waals surface area contributed by atoms with Crippen molar-refractivity contribution in [3.63, 3.8) is 0 Å². The fourth-order valence-electron chi connectivity index (χ4n) is 3.76. The van der Waals surface area contributed by atoms with Gasteiger partial charge in [0.15, 0.2) is 5.96 Å². The molecule has 1 saturated heterocycles. The second-order valence-electron chi connectivity index (χ2n) is 7.57. The van der Waals surface area contributed by atoms with Crippen molar-refractivity contribution in [2.75, 3.05) is 26.7 Å². The fraction of sp³-hybridized carbons (Fsp3) is 0.800. The van der Waals surface area contributed by atoms with Crippen LogP contribution in [0.4, 0.5) is 0 Å². The van der Waals surface area contributed by atoms with E-state index in [9.17, 15) is 0 Å². The number of aryl methyl sites for hydroxylation is 2. The van der Waals surface area contributed by atoms with Crippen LogP contribution in [0, 0.1) is 5.92 Å². The molecular formula is C20H37N5O. The first-order valence-corrected chi connectivity index (χ1v) is 10.2. The van der Waals surface area contributed by atoms with Gasteiger partial charge in [0.2, 0.25) is 0 Å². The molecular weight excluding hydrogens is 326 g/mol. The van der Waals surface area contributed by atoms with Gasteiger partial charge in [-0.25, -0.2) is 0 Å². The number of rotatable bonds is 9. The number of hydrogen-bond donors (Lipinski definition) is 2. The average Bonchev–Trinajstić information content (AvgIpc) is 3.29. The summed E-state index contributed by atoms with van der Waals surface area (Å²) in [7, 11) is 1.83. The summed E-state index contributed by atoms with van der Waals surface area (Å²) < 4.78 is 5.45. The molecule has 2 N–H and O–H groups in total. The van der Waals surface area contributed by atoms with Gasteiger partial charge in [0.1, 0.15) is 5.76 Å². The predicted octanol–water partition coefficient (Wildman–Crippen LogP) is 2.97. The van der Waals surface area contributed by atoms with Crippen LogP contribution < -0.4 is 10.6 Å². The number of nitrogens with zero attached hydrogens (tertiary/aromatic N) is 3. The third-order valence-corrected chi connectivity index (χ3v) is 5.17. The Morgan fingerprint density at radius 1 is 1.19 bits per heavy atom. The largest absolute Gasteiger partial charge is 0.361 e. The fourth-order valence-corrected chi connectivity index (χ4v) is 3.76. The lowest BCUT2D eigenvalue weighted by molar-refractivity contribution is 0.213. The molecule has 0 spiro atoms. The number of guanidine groups is 1. The molecule has 1 fully saturated rings. The number of aromatic nitrogens is 1. The lowest BCUT2D eigenvalue weighted by atomic mass is 10.0. The van der Waals surface area contributed by atoms with Crippen molar-refractivity contribution in [3.8, 4) is 0 Å². The Morgan fingerprint density at radius 2 is 1.92 bits per heavy atom. The molecule has 0 saturated carbocycles. The van der Waals surface area contributed by atoms with Gasteiger partial charge < -0.3 is 15.2 Å². The molecule has 1 aromatic heterocycles.